The maximum absolute atomic E-state index is 10.3. The van der Waals surface area contributed by atoms with Crippen molar-refractivity contribution in [3.8, 4) is 5.75 Å². The lowest BCUT2D eigenvalue weighted by Crippen LogP contribution is -2.36. The van der Waals surface area contributed by atoms with Crippen molar-refractivity contribution >= 4 is 0 Å². The molecule has 0 heterocycles. The Morgan fingerprint density at radius 2 is 1.76 bits per heavy atom. The van der Waals surface area contributed by atoms with Gasteiger partial charge >= 0.3 is 0 Å². The number of ether oxygens (including phenoxy) is 1. The first-order chi connectivity index (χ1) is 10.2. The highest BCUT2D eigenvalue weighted by Gasteiger charge is 2.19. The Hall–Kier alpha value is -1.06. The Kier molecular flexibility index (Phi) is 6.52. The van der Waals surface area contributed by atoms with E-state index in [-0.39, 0.29) is 0 Å². The van der Waals surface area contributed by atoms with E-state index in [1.165, 1.54) is 38.5 Å². The Bertz CT molecular complexity index is 396. The van der Waals surface area contributed by atoms with E-state index in [2.05, 4.69) is 12.2 Å². The van der Waals surface area contributed by atoms with Crippen molar-refractivity contribution in [1.82, 2.24) is 5.32 Å². The molecule has 0 spiro atoms. The summed E-state index contributed by atoms with van der Waals surface area (Å²) in [5, 5.41) is 13.8. The van der Waals surface area contributed by atoms with Gasteiger partial charge in [-0.25, -0.2) is 0 Å². The molecule has 2 atom stereocenters. The molecule has 0 amide bonds. The molecule has 2 N–H and O–H groups in total. The number of nitrogens with one attached hydrogen (secondary N) is 1. The average Bonchev–Trinajstić information content (AvgIpc) is 2.81. The van der Waals surface area contributed by atoms with Crippen LogP contribution < -0.4 is 10.1 Å². The normalized spacial score (nSPS) is 19.8. The zero-order valence-electron chi connectivity index (χ0n) is 13.3. The van der Waals surface area contributed by atoms with E-state index >= 15 is 0 Å². The lowest BCUT2D eigenvalue weighted by molar-refractivity contribution is 0.164. The molecular formula is C18H29NO2. The van der Waals surface area contributed by atoms with Crippen LogP contribution in [0.4, 0.5) is 0 Å². The number of methoxy groups -OCH3 is 1. The second-order valence-corrected chi connectivity index (χ2v) is 6.24. The van der Waals surface area contributed by atoms with Gasteiger partial charge in [-0.3, -0.25) is 0 Å². The second-order valence-electron chi connectivity index (χ2n) is 6.24. The van der Waals surface area contributed by atoms with Crippen LogP contribution in [0.2, 0.25) is 0 Å². The van der Waals surface area contributed by atoms with Gasteiger partial charge in [0.2, 0.25) is 0 Å². The SMILES string of the molecule is COc1ccc(C(O)CN[C@H](C)C2CCCCCC2)cc1. The summed E-state index contributed by atoms with van der Waals surface area (Å²) >= 11 is 0. The Balaban J connectivity index is 1.80. The van der Waals surface area contributed by atoms with Gasteiger partial charge in [-0.1, -0.05) is 37.8 Å². The van der Waals surface area contributed by atoms with E-state index in [0.29, 0.717) is 12.6 Å². The number of hydrogen-bond donors (Lipinski definition) is 2. The molecular weight excluding hydrogens is 262 g/mol. The van der Waals surface area contributed by atoms with Crippen LogP contribution in [0.15, 0.2) is 24.3 Å². The summed E-state index contributed by atoms with van der Waals surface area (Å²) < 4.78 is 5.14. The monoisotopic (exact) mass is 291 g/mol. The van der Waals surface area contributed by atoms with Crippen molar-refractivity contribution in [3.05, 3.63) is 29.8 Å². The van der Waals surface area contributed by atoms with Crippen LogP contribution in [0.1, 0.15) is 57.1 Å². The first-order valence-corrected chi connectivity index (χ1v) is 8.26. The van der Waals surface area contributed by atoms with Crippen LogP contribution in [0, 0.1) is 5.92 Å². The predicted octanol–water partition coefficient (Wildman–Crippen LogP) is 3.68. The zero-order valence-corrected chi connectivity index (χ0v) is 13.3. The molecule has 3 nitrogen and oxygen atoms in total. The third-order valence-corrected chi connectivity index (χ3v) is 4.74. The molecule has 1 aliphatic carbocycles. The summed E-state index contributed by atoms with van der Waals surface area (Å²) in [6.07, 6.45) is 7.69. The van der Waals surface area contributed by atoms with E-state index in [4.69, 9.17) is 4.74 Å². The molecule has 118 valence electrons. The minimum atomic E-state index is -0.455. The summed E-state index contributed by atoms with van der Waals surface area (Å²) in [6, 6.07) is 8.14. The lowest BCUT2D eigenvalue weighted by atomic mass is 9.93. The third kappa shape index (κ3) is 5.01. The maximum atomic E-state index is 10.3. The van der Waals surface area contributed by atoms with Crippen LogP contribution in [0.3, 0.4) is 0 Å². The summed E-state index contributed by atoms with van der Waals surface area (Å²) in [5.74, 6) is 1.58. The van der Waals surface area contributed by atoms with Crippen molar-refractivity contribution in [1.29, 1.82) is 0 Å². The molecule has 3 heteroatoms. The van der Waals surface area contributed by atoms with Crippen molar-refractivity contribution in [2.45, 2.75) is 57.6 Å². The number of aliphatic hydroxyl groups excluding tert-OH is 1. The van der Waals surface area contributed by atoms with Gasteiger partial charge in [0.15, 0.2) is 0 Å². The van der Waals surface area contributed by atoms with E-state index < -0.39 is 6.10 Å². The lowest BCUT2D eigenvalue weighted by Gasteiger charge is -2.25. The smallest absolute Gasteiger partial charge is 0.118 e. The van der Waals surface area contributed by atoms with Gasteiger partial charge in [0.25, 0.3) is 0 Å². The fourth-order valence-corrected chi connectivity index (χ4v) is 3.22. The van der Waals surface area contributed by atoms with Crippen LogP contribution in [-0.2, 0) is 0 Å². The molecule has 0 bridgehead atoms. The third-order valence-electron chi connectivity index (χ3n) is 4.74. The quantitative estimate of drug-likeness (QED) is 0.786. The summed E-state index contributed by atoms with van der Waals surface area (Å²) in [5.41, 5.74) is 0.941. The van der Waals surface area contributed by atoms with Gasteiger partial charge in [-0.2, -0.15) is 0 Å². The average molecular weight is 291 g/mol. The fraction of sp³-hybridized carbons (Fsp3) is 0.667. The first kappa shape index (κ1) is 16.3. The Labute approximate surface area is 128 Å². The molecule has 1 saturated carbocycles. The molecule has 1 aliphatic rings. The molecule has 1 aromatic rings. The van der Waals surface area contributed by atoms with E-state index in [1.54, 1.807) is 7.11 Å². The Morgan fingerprint density at radius 3 is 2.33 bits per heavy atom. The molecule has 0 radical (unpaired) electrons. The largest absolute Gasteiger partial charge is 0.497 e. The molecule has 1 unspecified atom stereocenters. The second kappa shape index (κ2) is 8.40. The van der Waals surface area contributed by atoms with Crippen molar-refractivity contribution in [3.63, 3.8) is 0 Å². The van der Waals surface area contributed by atoms with Gasteiger partial charge in [0.1, 0.15) is 5.75 Å². The first-order valence-electron chi connectivity index (χ1n) is 8.26. The molecule has 0 aliphatic heterocycles. The highest BCUT2D eigenvalue weighted by Crippen LogP contribution is 2.26. The van der Waals surface area contributed by atoms with Crippen molar-refractivity contribution < 1.29 is 9.84 Å². The number of aliphatic hydroxyl groups is 1. The van der Waals surface area contributed by atoms with Crippen molar-refractivity contribution in [2.75, 3.05) is 13.7 Å². The molecule has 0 saturated heterocycles. The number of benzene rings is 1. The van der Waals surface area contributed by atoms with Crippen LogP contribution in [0.25, 0.3) is 0 Å². The topological polar surface area (TPSA) is 41.5 Å². The van der Waals surface area contributed by atoms with Crippen LogP contribution in [0.5, 0.6) is 5.75 Å². The van der Waals surface area contributed by atoms with Gasteiger partial charge < -0.3 is 15.2 Å². The van der Waals surface area contributed by atoms with Gasteiger partial charge in [0.05, 0.1) is 13.2 Å². The standard InChI is InChI=1S/C18H29NO2/c1-14(15-7-5-3-4-6-8-15)19-13-18(20)16-9-11-17(21-2)12-10-16/h9-12,14-15,18-20H,3-8,13H2,1-2H3/t14-,18?/m1/s1. The van der Waals surface area contributed by atoms with E-state index in [0.717, 1.165) is 17.2 Å². The minimum Gasteiger partial charge on any atom is -0.497 e. The summed E-state index contributed by atoms with van der Waals surface area (Å²) in [7, 11) is 1.65. The molecule has 0 aromatic heterocycles. The van der Waals surface area contributed by atoms with Crippen molar-refractivity contribution in [2.24, 2.45) is 5.92 Å². The number of rotatable bonds is 6. The van der Waals surface area contributed by atoms with Gasteiger partial charge in [-0.05, 0) is 43.4 Å². The van der Waals surface area contributed by atoms with E-state index in [1.807, 2.05) is 24.3 Å². The Morgan fingerprint density at radius 1 is 1.14 bits per heavy atom. The fourth-order valence-electron chi connectivity index (χ4n) is 3.22. The van der Waals surface area contributed by atoms with E-state index in [9.17, 15) is 5.11 Å². The summed E-state index contributed by atoms with van der Waals surface area (Å²) in [4.78, 5) is 0. The molecule has 2 rings (SSSR count). The van der Waals surface area contributed by atoms with Gasteiger partial charge in [0, 0.05) is 12.6 Å². The highest BCUT2D eigenvalue weighted by molar-refractivity contribution is 5.28. The predicted molar refractivity (Wildman–Crippen MR) is 86.6 cm³/mol. The minimum absolute atomic E-state index is 0.455. The zero-order chi connectivity index (χ0) is 15.1. The van der Waals surface area contributed by atoms with Crippen LogP contribution in [-0.4, -0.2) is 24.8 Å². The van der Waals surface area contributed by atoms with Crippen LogP contribution >= 0.6 is 0 Å². The highest BCUT2D eigenvalue weighted by atomic mass is 16.5. The maximum Gasteiger partial charge on any atom is 0.118 e. The van der Waals surface area contributed by atoms with Gasteiger partial charge in [-0.15, -0.1) is 0 Å². The molecule has 21 heavy (non-hydrogen) atoms. The summed E-state index contributed by atoms with van der Waals surface area (Å²) in [6.45, 7) is 2.88. The number of hydrogen-bond acceptors (Lipinski definition) is 3. The molecule has 1 aromatic carbocycles. The molecule has 1 fully saturated rings.